The second-order valence-corrected chi connectivity index (χ2v) is 9.97. The predicted octanol–water partition coefficient (Wildman–Crippen LogP) is 5.75. The summed E-state index contributed by atoms with van der Waals surface area (Å²) in [6, 6.07) is 9.73. The molecule has 0 aliphatic heterocycles. The molecule has 0 unspecified atom stereocenters. The Labute approximate surface area is 201 Å². The molecule has 6 heteroatoms. The molecular formula is C27H46N2O4. The van der Waals surface area contributed by atoms with Gasteiger partial charge in [0.1, 0.15) is 12.2 Å². The number of hydrogen-bond acceptors (Lipinski definition) is 5. The van der Waals surface area contributed by atoms with Gasteiger partial charge in [-0.1, -0.05) is 68.9 Å². The Morgan fingerprint density at radius 1 is 0.788 bits per heavy atom. The minimum absolute atomic E-state index is 0.0711. The summed E-state index contributed by atoms with van der Waals surface area (Å²) in [5, 5.41) is 1.35. The van der Waals surface area contributed by atoms with Crippen LogP contribution in [0.2, 0.25) is 0 Å². The fraction of sp³-hybridized carbons (Fsp3) is 0.704. The first kappa shape index (κ1) is 29.1. The van der Waals surface area contributed by atoms with Gasteiger partial charge in [-0.15, -0.1) is 0 Å². The summed E-state index contributed by atoms with van der Waals surface area (Å²) in [6.45, 7) is 7.18. The maximum atomic E-state index is 12.8. The lowest BCUT2D eigenvalue weighted by Gasteiger charge is -2.24. The van der Waals surface area contributed by atoms with Crippen LogP contribution in [0.3, 0.4) is 0 Å². The van der Waals surface area contributed by atoms with Gasteiger partial charge < -0.3 is 9.64 Å². The van der Waals surface area contributed by atoms with Gasteiger partial charge in [0.05, 0.1) is 13.0 Å². The Morgan fingerprint density at radius 3 is 1.94 bits per heavy atom. The maximum absolute atomic E-state index is 12.8. The Balaban J connectivity index is 2.34. The zero-order valence-corrected chi connectivity index (χ0v) is 21.6. The van der Waals surface area contributed by atoms with Crippen LogP contribution in [0.25, 0.3) is 0 Å². The van der Waals surface area contributed by atoms with E-state index in [0.29, 0.717) is 13.0 Å². The van der Waals surface area contributed by atoms with Crippen LogP contribution >= 0.6 is 0 Å². The maximum Gasteiger partial charge on any atom is 0.308 e. The average Bonchev–Trinajstić information content (AvgIpc) is 2.74. The minimum atomic E-state index is -0.539. The summed E-state index contributed by atoms with van der Waals surface area (Å²) >= 11 is 0. The zero-order chi connectivity index (χ0) is 24.5. The van der Waals surface area contributed by atoms with Crippen molar-refractivity contribution in [2.45, 2.75) is 97.2 Å². The summed E-state index contributed by atoms with van der Waals surface area (Å²) in [7, 11) is 4.24. The predicted molar refractivity (Wildman–Crippen MR) is 134 cm³/mol. The number of ether oxygens (including phenoxy) is 1. The van der Waals surface area contributed by atoms with Crippen LogP contribution in [0.5, 0.6) is 0 Å². The van der Waals surface area contributed by atoms with Crippen LogP contribution < -0.4 is 0 Å². The molecule has 0 saturated heterocycles. The largest absolute Gasteiger partial charge is 0.460 e. The van der Waals surface area contributed by atoms with Crippen LogP contribution in [0, 0.1) is 0 Å². The van der Waals surface area contributed by atoms with Gasteiger partial charge in [-0.2, -0.15) is 0 Å². The molecule has 0 atom stereocenters. The molecular weight excluding hydrogens is 416 g/mol. The van der Waals surface area contributed by atoms with Crippen molar-refractivity contribution in [1.29, 1.82) is 0 Å². The number of hydroxylamine groups is 2. The highest BCUT2D eigenvalue weighted by Gasteiger charge is 2.20. The quantitative estimate of drug-likeness (QED) is 0.168. The third kappa shape index (κ3) is 16.4. The summed E-state index contributed by atoms with van der Waals surface area (Å²) in [5.41, 5.74) is 0.446. The molecule has 0 N–H and O–H groups in total. The highest BCUT2D eigenvalue weighted by Crippen LogP contribution is 2.13. The lowest BCUT2D eigenvalue weighted by Crippen LogP contribution is -2.34. The lowest BCUT2D eigenvalue weighted by atomic mass is 10.1. The van der Waals surface area contributed by atoms with Crippen molar-refractivity contribution >= 4 is 11.9 Å². The van der Waals surface area contributed by atoms with Gasteiger partial charge in [0, 0.05) is 6.42 Å². The molecule has 0 saturated carbocycles. The fourth-order valence-corrected chi connectivity index (χ4v) is 3.46. The molecule has 6 nitrogen and oxygen atoms in total. The second kappa shape index (κ2) is 16.7. The summed E-state index contributed by atoms with van der Waals surface area (Å²) in [4.78, 5) is 32.9. The summed E-state index contributed by atoms with van der Waals surface area (Å²) in [6.07, 6.45) is 9.94. The molecule has 33 heavy (non-hydrogen) atoms. The van der Waals surface area contributed by atoms with Crippen molar-refractivity contribution in [3.63, 3.8) is 0 Å². The van der Waals surface area contributed by atoms with E-state index in [1.165, 1.54) is 43.7 Å². The zero-order valence-electron chi connectivity index (χ0n) is 21.6. The first-order chi connectivity index (χ1) is 15.7. The first-order valence-corrected chi connectivity index (χ1v) is 12.5. The van der Waals surface area contributed by atoms with E-state index >= 15 is 0 Å². The molecule has 0 aromatic heterocycles. The molecule has 1 aromatic carbocycles. The van der Waals surface area contributed by atoms with Gasteiger partial charge in [-0.25, -0.2) is 5.06 Å². The highest BCUT2D eigenvalue weighted by atomic mass is 16.7. The van der Waals surface area contributed by atoms with Gasteiger partial charge in [-0.3, -0.25) is 14.4 Å². The second-order valence-electron chi connectivity index (χ2n) is 9.97. The fourth-order valence-electron chi connectivity index (χ4n) is 3.46. The number of esters is 1. The number of benzene rings is 1. The molecule has 0 bridgehead atoms. The Kier molecular flexibility index (Phi) is 14.7. The van der Waals surface area contributed by atoms with Crippen LogP contribution in [-0.4, -0.2) is 54.6 Å². The molecule has 1 aromatic rings. The van der Waals surface area contributed by atoms with Gasteiger partial charge in [-0.05, 0) is 59.8 Å². The van der Waals surface area contributed by atoms with E-state index in [4.69, 9.17) is 9.57 Å². The Morgan fingerprint density at radius 2 is 1.36 bits per heavy atom. The van der Waals surface area contributed by atoms with Crippen LogP contribution in [0.4, 0.5) is 0 Å². The van der Waals surface area contributed by atoms with Crippen molar-refractivity contribution in [2.75, 3.05) is 27.2 Å². The monoisotopic (exact) mass is 462 g/mol. The number of carbonyl (C=O) groups is 2. The van der Waals surface area contributed by atoms with E-state index in [2.05, 4.69) is 19.0 Å². The summed E-state index contributed by atoms with van der Waals surface area (Å²) < 4.78 is 5.37. The number of carbonyl (C=O) groups excluding carboxylic acids is 2. The van der Waals surface area contributed by atoms with Crippen LogP contribution in [-0.2, 0) is 25.8 Å². The minimum Gasteiger partial charge on any atom is -0.460 e. The van der Waals surface area contributed by atoms with Crippen molar-refractivity contribution in [2.24, 2.45) is 0 Å². The molecule has 1 amide bonds. The van der Waals surface area contributed by atoms with Gasteiger partial charge in [0.2, 0.25) is 5.91 Å². The van der Waals surface area contributed by atoms with Gasteiger partial charge in [0.15, 0.2) is 0 Å². The molecule has 1 rings (SSSR count). The van der Waals surface area contributed by atoms with Gasteiger partial charge >= 0.3 is 5.97 Å². The number of nitrogens with zero attached hydrogens (tertiary/aromatic N) is 2. The molecule has 188 valence electrons. The van der Waals surface area contributed by atoms with E-state index < -0.39 is 5.60 Å². The number of unbranched alkanes of at least 4 members (excludes halogenated alkanes) is 7. The van der Waals surface area contributed by atoms with E-state index in [1.807, 2.05) is 51.1 Å². The van der Waals surface area contributed by atoms with E-state index in [1.54, 1.807) is 0 Å². The normalized spacial score (nSPS) is 11.6. The number of amides is 1. The van der Waals surface area contributed by atoms with Gasteiger partial charge in [0.25, 0.3) is 0 Å². The molecule has 0 heterocycles. The third-order valence-corrected chi connectivity index (χ3v) is 5.19. The third-order valence-electron chi connectivity index (χ3n) is 5.19. The highest BCUT2D eigenvalue weighted by molar-refractivity contribution is 5.76. The SMILES string of the molecule is CN(C)CCCCCCCCCCC(=O)N(CCC(=O)OC(C)(C)C)OCc1ccccc1. The molecule has 0 aliphatic carbocycles. The van der Waals surface area contributed by atoms with E-state index in [-0.39, 0.29) is 24.8 Å². The Bertz CT molecular complexity index is 656. The molecule has 0 radical (unpaired) electrons. The average molecular weight is 463 g/mol. The van der Waals surface area contributed by atoms with E-state index in [9.17, 15) is 9.59 Å². The topological polar surface area (TPSA) is 59.1 Å². The molecule has 0 aliphatic rings. The standard InChI is InChI=1S/C27H46N2O4/c1-27(2,3)33-26(31)20-22-29(32-23-24-17-13-12-14-18-24)25(30)19-15-10-8-6-7-9-11-16-21-28(4)5/h12-14,17-18H,6-11,15-16,19-23H2,1-5H3. The number of hydrogen-bond donors (Lipinski definition) is 0. The summed E-state index contributed by atoms with van der Waals surface area (Å²) in [5.74, 6) is -0.396. The smallest absolute Gasteiger partial charge is 0.308 e. The van der Waals surface area contributed by atoms with Crippen LogP contribution in [0.15, 0.2) is 30.3 Å². The van der Waals surface area contributed by atoms with Crippen molar-refractivity contribution in [1.82, 2.24) is 9.96 Å². The van der Waals surface area contributed by atoms with Crippen LogP contribution in [0.1, 0.15) is 90.5 Å². The lowest BCUT2D eigenvalue weighted by molar-refractivity contribution is -0.194. The van der Waals surface area contributed by atoms with Crippen molar-refractivity contribution in [3.05, 3.63) is 35.9 Å². The van der Waals surface area contributed by atoms with E-state index in [0.717, 1.165) is 24.8 Å². The first-order valence-electron chi connectivity index (χ1n) is 12.5. The van der Waals surface area contributed by atoms with Crippen molar-refractivity contribution in [3.8, 4) is 0 Å². The molecule has 0 spiro atoms. The number of rotatable bonds is 17. The Hall–Kier alpha value is -1.92. The van der Waals surface area contributed by atoms with Crippen molar-refractivity contribution < 1.29 is 19.2 Å². The molecule has 0 fully saturated rings.